The van der Waals surface area contributed by atoms with Gasteiger partial charge >= 0.3 is 0 Å². The lowest BCUT2D eigenvalue weighted by atomic mass is 10.2. The van der Waals surface area contributed by atoms with Crippen LogP contribution in [-0.4, -0.2) is 34.0 Å². The van der Waals surface area contributed by atoms with Crippen LogP contribution in [0.15, 0.2) is 18.2 Å². The van der Waals surface area contributed by atoms with E-state index in [-0.39, 0.29) is 12.4 Å². The maximum atomic E-state index is 10.6. The molecule has 0 bridgehead atoms. The Morgan fingerprint density at radius 3 is 2.61 bits per heavy atom. The van der Waals surface area contributed by atoms with E-state index in [1.165, 1.54) is 0 Å². The van der Waals surface area contributed by atoms with Gasteiger partial charge in [0.25, 0.3) is 0 Å². The molecule has 1 rings (SSSR count). The third-order valence-corrected chi connectivity index (χ3v) is 3.11. The second kappa shape index (κ2) is 6.94. The molecule has 0 heterocycles. The van der Waals surface area contributed by atoms with Gasteiger partial charge in [0, 0.05) is 5.02 Å². The van der Waals surface area contributed by atoms with Crippen LogP contribution < -0.4 is 9.88 Å². The van der Waals surface area contributed by atoms with Gasteiger partial charge in [-0.2, -0.15) is 0 Å². The highest BCUT2D eigenvalue weighted by molar-refractivity contribution is 7.89. The molecule has 0 aliphatic carbocycles. The molecule has 18 heavy (non-hydrogen) atoms. The Bertz CT molecular complexity index is 490. The SMILES string of the molecule is Cc1cc(Cl)ccc1OCCOCCS(N)(=O)=O. The van der Waals surface area contributed by atoms with Gasteiger partial charge in [-0.3, -0.25) is 0 Å². The smallest absolute Gasteiger partial charge is 0.211 e. The van der Waals surface area contributed by atoms with Crippen LogP contribution >= 0.6 is 11.6 Å². The van der Waals surface area contributed by atoms with E-state index in [1.807, 2.05) is 6.92 Å². The summed E-state index contributed by atoms with van der Waals surface area (Å²) < 4.78 is 31.8. The van der Waals surface area contributed by atoms with E-state index in [4.69, 9.17) is 26.2 Å². The Morgan fingerprint density at radius 1 is 1.28 bits per heavy atom. The quantitative estimate of drug-likeness (QED) is 0.769. The molecule has 0 spiro atoms. The van der Waals surface area contributed by atoms with Gasteiger partial charge in [-0.15, -0.1) is 0 Å². The second-order valence-electron chi connectivity index (χ2n) is 3.74. The maximum Gasteiger partial charge on any atom is 0.211 e. The standard InChI is InChI=1S/C11H16ClNO4S/c1-9-8-10(12)2-3-11(9)17-5-4-16-6-7-18(13,14)15/h2-3,8H,4-7H2,1H3,(H2,13,14,15). The molecule has 0 saturated heterocycles. The zero-order valence-electron chi connectivity index (χ0n) is 10.1. The Hall–Kier alpha value is -0.820. The molecule has 0 aliphatic rings. The molecule has 0 radical (unpaired) electrons. The van der Waals surface area contributed by atoms with Crippen LogP contribution in [-0.2, 0) is 14.8 Å². The first-order chi connectivity index (χ1) is 8.38. The molecule has 0 unspecified atom stereocenters. The van der Waals surface area contributed by atoms with Crippen LogP contribution in [0, 0.1) is 6.92 Å². The highest BCUT2D eigenvalue weighted by atomic mass is 35.5. The van der Waals surface area contributed by atoms with Gasteiger partial charge in [0.15, 0.2) is 0 Å². The van der Waals surface area contributed by atoms with E-state index in [2.05, 4.69) is 0 Å². The molecule has 1 aromatic rings. The highest BCUT2D eigenvalue weighted by Crippen LogP contribution is 2.21. The molecule has 0 aliphatic heterocycles. The molecular weight excluding hydrogens is 278 g/mol. The van der Waals surface area contributed by atoms with E-state index in [0.29, 0.717) is 18.2 Å². The average Bonchev–Trinajstić information content (AvgIpc) is 2.24. The average molecular weight is 294 g/mol. The fraction of sp³-hybridized carbons (Fsp3) is 0.455. The third-order valence-electron chi connectivity index (χ3n) is 2.13. The number of ether oxygens (including phenoxy) is 2. The minimum absolute atomic E-state index is 0.0712. The topological polar surface area (TPSA) is 78.6 Å². The van der Waals surface area contributed by atoms with Crippen molar-refractivity contribution in [3.8, 4) is 5.75 Å². The second-order valence-corrected chi connectivity index (χ2v) is 5.91. The maximum absolute atomic E-state index is 10.6. The van der Waals surface area contributed by atoms with Crippen LogP contribution in [0.1, 0.15) is 5.56 Å². The fourth-order valence-electron chi connectivity index (χ4n) is 1.26. The van der Waals surface area contributed by atoms with Crippen molar-refractivity contribution >= 4 is 21.6 Å². The number of rotatable bonds is 7. The van der Waals surface area contributed by atoms with Crippen molar-refractivity contribution in [2.24, 2.45) is 5.14 Å². The van der Waals surface area contributed by atoms with Crippen molar-refractivity contribution < 1.29 is 17.9 Å². The largest absolute Gasteiger partial charge is 0.491 e. The van der Waals surface area contributed by atoms with Crippen molar-refractivity contribution in [2.45, 2.75) is 6.92 Å². The highest BCUT2D eigenvalue weighted by Gasteiger charge is 2.02. The Balaban J connectivity index is 2.22. The Morgan fingerprint density at radius 2 is 2.00 bits per heavy atom. The molecule has 102 valence electrons. The Labute approximate surface area is 112 Å². The number of sulfonamides is 1. The van der Waals surface area contributed by atoms with Crippen molar-refractivity contribution in [3.63, 3.8) is 0 Å². The van der Waals surface area contributed by atoms with Gasteiger partial charge in [-0.1, -0.05) is 11.6 Å². The van der Waals surface area contributed by atoms with Gasteiger partial charge < -0.3 is 9.47 Å². The van der Waals surface area contributed by atoms with E-state index in [9.17, 15) is 8.42 Å². The summed E-state index contributed by atoms with van der Waals surface area (Å²) in [5, 5.41) is 5.48. The lowest BCUT2D eigenvalue weighted by molar-refractivity contribution is 0.111. The van der Waals surface area contributed by atoms with E-state index in [1.54, 1.807) is 18.2 Å². The summed E-state index contributed by atoms with van der Waals surface area (Å²) in [6, 6.07) is 5.33. The summed E-state index contributed by atoms with van der Waals surface area (Å²) in [4.78, 5) is 0. The van der Waals surface area contributed by atoms with Gasteiger partial charge in [0.2, 0.25) is 10.0 Å². The van der Waals surface area contributed by atoms with Crippen LogP contribution in [0.3, 0.4) is 0 Å². The summed E-state index contributed by atoms with van der Waals surface area (Å²) in [6.45, 7) is 2.61. The first-order valence-electron chi connectivity index (χ1n) is 5.35. The molecule has 0 atom stereocenters. The number of halogens is 1. The van der Waals surface area contributed by atoms with Crippen LogP contribution in [0.5, 0.6) is 5.75 Å². The first-order valence-corrected chi connectivity index (χ1v) is 7.45. The zero-order valence-corrected chi connectivity index (χ0v) is 11.6. The lowest BCUT2D eigenvalue weighted by Gasteiger charge is -2.09. The fourth-order valence-corrected chi connectivity index (χ4v) is 1.84. The summed E-state index contributed by atoms with van der Waals surface area (Å²) in [7, 11) is -3.46. The normalized spacial score (nSPS) is 11.5. The molecule has 2 N–H and O–H groups in total. The van der Waals surface area contributed by atoms with Crippen molar-refractivity contribution in [2.75, 3.05) is 25.6 Å². The minimum atomic E-state index is -3.46. The molecule has 0 saturated carbocycles. The van der Waals surface area contributed by atoms with Crippen LogP contribution in [0.4, 0.5) is 0 Å². The predicted molar refractivity (Wildman–Crippen MR) is 70.5 cm³/mol. The number of hydrogen-bond acceptors (Lipinski definition) is 4. The first kappa shape index (κ1) is 15.2. The molecule has 0 aromatic heterocycles. The number of hydrogen-bond donors (Lipinski definition) is 1. The summed E-state index contributed by atoms with van der Waals surface area (Å²) in [6.07, 6.45) is 0. The van der Waals surface area contributed by atoms with Gasteiger partial charge in [-0.05, 0) is 30.7 Å². The van der Waals surface area contributed by atoms with E-state index >= 15 is 0 Å². The van der Waals surface area contributed by atoms with Gasteiger partial charge in [0.1, 0.15) is 12.4 Å². The summed E-state index contributed by atoms with van der Waals surface area (Å²) >= 11 is 5.81. The van der Waals surface area contributed by atoms with Crippen molar-refractivity contribution in [1.29, 1.82) is 0 Å². The molecular formula is C11H16ClNO4S. The summed E-state index contributed by atoms with van der Waals surface area (Å²) in [5.41, 5.74) is 0.937. The molecule has 0 fully saturated rings. The lowest BCUT2D eigenvalue weighted by Crippen LogP contribution is -2.21. The number of benzene rings is 1. The molecule has 1 aromatic carbocycles. The molecule has 0 amide bonds. The van der Waals surface area contributed by atoms with Crippen molar-refractivity contribution in [3.05, 3.63) is 28.8 Å². The Kier molecular flexibility index (Phi) is 5.87. The van der Waals surface area contributed by atoms with Crippen LogP contribution in [0.2, 0.25) is 5.02 Å². The van der Waals surface area contributed by atoms with Gasteiger partial charge in [-0.25, -0.2) is 13.6 Å². The number of primary sulfonamides is 1. The minimum Gasteiger partial charge on any atom is -0.491 e. The zero-order chi connectivity index (χ0) is 13.6. The predicted octanol–water partition coefficient (Wildman–Crippen LogP) is 1.33. The molecule has 7 heteroatoms. The third kappa shape index (κ3) is 6.20. The molecule has 5 nitrogen and oxygen atoms in total. The van der Waals surface area contributed by atoms with E-state index < -0.39 is 10.0 Å². The monoisotopic (exact) mass is 293 g/mol. The van der Waals surface area contributed by atoms with E-state index in [0.717, 1.165) is 11.3 Å². The number of nitrogens with two attached hydrogens (primary N) is 1. The van der Waals surface area contributed by atoms with Crippen LogP contribution in [0.25, 0.3) is 0 Å². The van der Waals surface area contributed by atoms with Gasteiger partial charge in [0.05, 0.1) is 19.0 Å². The summed E-state index contributed by atoms with van der Waals surface area (Å²) in [5.74, 6) is 0.543. The number of aryl methyl sites for hydroxylation is 1. The van der Waals surface area contributed by atoms with Crippen molar-refractivity contribution in [1.82, 2.24) is 0 Å².